The number of benzene rings is 3. The van der Waals surface area contributed by atoms with E-state index < -0.39 is 5.97 Å². The van der Waals surface area contributed by atoms with Crippen LogP contribution in [0.1, 0.15) is 47.8 Å². The Morgan fingerprint density at radius 1 is 0.800 bits per heavy atom. The predicted molar refractivity (Wildman–Crippen MR) is 132 cm³/mol. The van der Waals surface area contributed by atoms with E-state index in [-0.39, 0.29) is 17.7 Å². The number of carboxylic acid groups (broad SMARTS) is 1. The van der Waals surface area contributed by atoms with E-state index in [9.17, 15) is 9.59 Å². The molecule has 1 aromatic heterocycles. The molecule has 2 N–H and O–H groups in total. The molecule has 0 atom stereocenters. The molecular formula is C28H25N3O4. The molecule has 5 rings (SSSR count). The van der Waals surface area contributed by atoms with Gasteiger partial charge in [-0.25, -0.2) is 0 Å². The Hall–Kier alpha value is -4.26. The van der Waals surface area contributed by atoms with Crippen LogP contribution < -0.4 is 5.32 Å². The topological polar surface area (TPSA) is 105 Å². The lowest BCUT2D eigenvalue weighted by Crippen LogP contribution is -2.20. The fraction of sp³-hybridized carbons (Fsp3) is 0.214. The largest absolute Gasteiger partial charge is 0.481 e. The van der Waals surface area contributed by atoms with Crippen molar-refractivity contribution < 1.29 is 19.2 Å². The van der Waals surface area contributed by atoms with Crippen molar-refractivity contribution >= 4 is 17.6 Å². The van der Waals surface area contributed by atoms with Crippen LogP contribution in [0.25, 0.3) is 22.5 Å². The molecule has 1 saturated carbocycles. The van der Waals surface area contributed by atoms with Crippen LogP contribution in [0.15, 0.2) is 83.4 Å². The van der Waals surface area contributed by atoms with E-state index in [1.807, 2.05) is 66.7 Å². The lowest BCUT2D eigenvalue weighted by Gasteiger charge is -2.23. The number of hydrogen-bond acceptors (Lipinski definition) is 5. The van der Waals surface area contributed by atoms with E-state index in [0.29, 0.717) is 35.8 Å². The normalized spacial score (nSPS) is 17.6. The van der Waals surface area contributed by atoms with Gasteiger partial charge in [-0.15, -0.1) is 0 Å². The predicted octanol–water partition coefficient (Wildman–Crippen LogP) is 6.01. The maximum absolute atomic E-state index is 12.7. The van der Waals surface area contributed by atoms with Gasteiger partial charge < -0.3 is 14.9 Å². The molecule has 1 aliphatic rings. The zero-order valence-electron chi connectivity index (χ0n) is 19.1. The molecule has 0 unspecified atom stereocenters. The lowest BCUT2D eigenvalue weighted by atomic mass is 9.82. The number of aromatic nitrogens is 2. The number of amides is 1. The van der Waals surface area contributed by atoms with E-state index in [2.05, 4.69) is 15.5 Å². The highest BCUT2D eigenvalue weighted by molar-refractivity contribution is 6.04. The van der Waals surface area contributed by atoms with Crippen LogP contribution >= 0.6 is 0 Å². The Morgan fingerprint density at radius 3 is 2.09 bits per heavy atom. The summed E-state index contributed by atoms with van der Waals surface area (Å²) in [7, 11) is 0. The van der Waals surface area contributed by atoms with Gasteiger partial charge in [0.15, 0.2) is 0 Å². The number of carboxylic acids is 1. The highest BCUT2D eigenvalue weighted by Crippen LogP contribution is 2.35. The van der Waals surface area contributed by atoms with Gasteiger partial charge in [0.1, 0.15) is 0 Å². The van der Waals surface area contributed by atoms with Gasteiger partial charge in [0.25, 0.3) is 5.91 Å². The zero-order valence-corrected chi connectivity index (χ0v) is 19.1. The van der Waals surface area contributed by atoms with Crippen molar-refractivity contribution in [1.29, 1.82) is 0 Å². The molecule has 35 heavy (non-hydrogen) atoms. The number of anilines is 1. The minimum Gasteiger partial charge on any atom is -0.481 e. The smallest absolute Gasteiger partial charge is 0.306 e. The zero-order chi connectivity index (χ0) is 24.2. The van der Waals surface area contributed by atoms with Gasteiger partial charge in [-0.3, -0.25) is 9.59 Å². The third-order valence-electron chi connectivity index (χ3n) is 6.52. The average Bonchev–Trinajstić information content (AvgIpc) is 3.40. The molecule has 0 radical (unpaired) electrons. The van der Waals surface area contributed by atoms with Crippen LogP contribution in [0.3, 0.4) is 0 Å². The Bertz CT molecular complexity index is 1310. The van der Waals surface area contributed by atoms with Crippen LogP contribution in [0, 0.1) is 5.92 Å². The summed E-state index contributed by atoms with van der Waals surface area (Å²) < 4.78 is 5.47. The summed E-state index contributed by atoms with van der Waals surface area (Å²) in [5.41, 5.74) is 4.19. The van der Waals surface area contributed by atoms with Gasteiger partial charge in [0, 0.05) is 22.7 Å². The van der Waals surface area contributed by atoms with Crippen molar-refractivity contribution in [1.82, 2.24) is 10.1 Å². The first-order valence-corrected chi connectivity index (χ1v) is 11.7. The second-order valence-electron chi connectivity index (χ2n) is 8.82. The maximum Gasteiger partial charge on any atom is 0.306 e. The minimum absolute atomic E-state index is 0.0960. The SMILES string of the molecule is O=C(Nc1ccc(-c2noc([C@H]3CC[C@H](C(=O)O)CC3)n2)cc1)c1ccc(-c2ccccc2)cc1. The monoisotopic (exact) mass is 467 g/mol. The first-order chi connectivity index (χ1) is 17.1. The fourth-order valence-electron chi connectivity index (χ4n) is 4.46. The van der Waals surface area contributed by atoms with Crippen molar-refractivity contribution in [3.63, 3.8) is 0 Å². The van der Waals surface area contributed by atoms with Gasteiger partial charge in [-0.2, -0.15) is 4.98 Å². The molecule has 4 aromatic rings. The van der Waals surface area contributed by atoms with Crippen molar-refractivity contribution in [3.05, 3.63) is 90.3 Å². The van der Waals surface area contributed by atoms with Gasteiger partial charge in [-0.05, 0) is 73.2 Å². The molecule has 7 nitrogen and oxygen atoms in total. The third kappa shape index (κ3) is 5.14. The Morgan fingerprint density at radius 2 is 1.43 bits per heavy atom. The Labute approximate surface area is 202 Å². The van der Waals surface area contributed by atoms with E-state index in [4.69, 9.17) is 9.63 Å². The lowest BCUT2D eigenvalue weighted by molar-refractivity contribution is -0.142. The summed E-state index contributed by atoms with van der Waals surface area (Å²) in [5, 5.41) is 16.2. The van der Waals surface area contributed by atoms with Crippen LogP contribution in [0.4, 0.5) is 5.69 Å². The van der Waals surface area contributed by atoms with Gasteiger partial charge in [0.2, 0.25) is 11.7 Å². The van der Waals surface area contributed by atoms with Crippen LogP contribution in [-0.4, -0.2) is 27.1 Å². The molecule has 0 bridgehead atoms. The van der Waals surface area contributed by atoms with E-state index in [1.54, 1.807) is 12.1 Å². The molecule has 0 spiro atoms. The molecular weight excluding hydrogens is 442 g/mol. The van der Waals surface area contributed by atoms with Crippen molar-refractivity contribution in [2.24, 2.45) is 5.92 Å². The fourth-order valence-corrected chi connectivity index (χ4v) is 4.46. The molecule has 7 heteroatoms. The first-order valence-electron chi connectivity index (χ1n) is 11.7. The summed E-state index contributed by atoms with van der Waals surface area (Å²) in [4.78, 5) is 28.4. The van der Waals surface area contributed by atoms with Crippen molar-refractivity contribution in [3.8, 4) is 22.5 Å². The first kappa shape index (κ1) is 22.5. The molecule has 1 heterocycles. The summed E-state index contributed by atoms with van der Waals surface area (Å²) >= 11 is 0. The van der Waals surface area contributed by atoms with E-state index in [1.165, 1.54) is 0 Å². The number of rotatable bonds is 6. The molecule has 0 aliphatic heterocycles. The quantitative estimate of drug-likeness (QED) is 0.360. The number of hydrogen-bond donors (Lipinski definition) is 2. The second-order valence-corrected chi connectivity index (χ2v) is 8.82. The minimum atomic E-state index is -0.731. The van der Waals surface area contributed by atoms with Crippen LogP contribution in [0.5, 0.6) is 0 Å². The number of carbonyl (C=O) groups is 2. The van der Waals surface area contributed by atoms with Crippen molar-refractivity contribution in [2.45, 2.75) is 31.6 Å². The van der Waals surface area contributed by atoms with Crippen LogP contribution in [0.2, 0.25) is 0 Å². The maximum atomic E-state index is 12.7. The van der Waals surface area contributed by atoms with Crippen molar-refractivity contribution in [2.75, 3.05) is 5.32 Å². The van der Waals surface area contributed by atoms with E-state index >= 15 is 0 Å². The molecule has 1 aliphatic carbocycles. The standard InChI is InChI=1S/C28H25N3O4/c32-26(21-8-6-19(7-9-21)18-4-2-1-3-5-18)29-24-16-14-20(15-17-24)25-30-27(35-31-25)22-10-12-23(13-11-22)28(33)34/h1-9,14-17,22-23H,10-13H2,(H,29,32)(H,33,34)/t22-,23-. The number of nitrogens with zero attached hydrogens (tertiary/aromatic N) is 2. The molecule has 1 fully saturated rings. The van der Waals surface area contributed by atoms with Gasteiger partial charge in [0.05, 0.1) is 5.92 Å². The average molecular weight is 468 g/mol. The highest BCUT2D eigenvalue weighted by atomic mass is 16.5. The number of aliphatic carboxylic acids is 1. The van der Waals surface area contributed by atoms with Gasteiger partial charge in [-0.1, -0.05) is 47.6 Å². The summed E-state index contributed by atoms with van der Waals surface area (Å²) in [6.07, 6.45) is 2.72. The van der Waals surface area contributed by atoms with Gasteiger partial charge >= 0.3 is 5.97 Å². The highest BCUT2D eigenvalue weighted by Gasteiger charge is 2.29. The van der Waals surface area contributed by atoms with Crippen LogP contribution in [-0.2, 0) is 4.79 Å². The van der Waals surface area contributed by atoms with E-state index in [0.717, 1.165) is 29.5 Å². The molecule has 1 amide bonds. The third-order valence-corrected chi connectivity index (χ3v) is 6.52. The molecule has 3 aromatic carbocycles. The second kappa shape index (κ2) is 9.93. The number of carbonyl (C=O) groups excluding carboxylic acids is 1. The summed E-state index contributed by atoms with van der Waals surface area (Å²) in [6, 6.07) is 24.8. The molecule has 0 saturated heterocycles. The summed E-state index contributed by atoms with van der Waals surface area (Å²) in [6.45, 7) is 0. The molecule has 176 valence electrons. The summed E-state index contributed by atoms with van der Waals surface area (Å²) in [5.74, 6) is -0.0611. The Kier molecular flexibility index (Phi) is 6.39. The Balaban J connectivity index is 1.20. The number of nitrogens with one attached hydrogen (secondary N) is 1.